The minimum atomic E-state index is -0.0369. The Morgan fingerprint density at radius 1 is 0.862 bits per heavy atom. The van der Waals surface area contributed by atoms with Gasteiger partial charge < -0.3 is 9.47 Å². The SMILES string of the molecule is Cc1ccccc1Oc1cccc(COCC(C)(C)c2ccc(C(C)C)cc2)c1. The summed E-state index contributed by atoms with van der Waals surface area (Å²) < 4.78 is 12.1. The first-order valence-electron chi connectivity index (χ1n) is 10.4. The molecule has 0 aromatic heterocycles. The van der Waals surface area contributed by atoms with Gasteiger partial charge >= 0.3 is 0 Å². The molecule has 0 radical (unpaired) electrons. The van der Waals surface area contributed by atoms with E-state index in [4.69, 9.17) is 9.47 Å². The maximum Gasteiger partial charge on any atom is 0.130 e. The van der Waals surface area contributed by atoms with Crippen molar-refractivity contribution in [2.45, 2.75) is 52.6 Å². The molecule has 0 spiro atoms. The Balaban J connectivity index is 1.59. The van der Waals surface area contributed by atoms with E-state index in [0.717, 1.165) is 22.6 Å². The maximum absolute atomic E-state index is 6.09. The largest absolute Gasteiger partial charge is 0.457 e. The molecule has 0 aliphatic rings. The van der Waals surface area contributed by atoms with Crippen molar-refractivity contribution in [2.75, 3.05) is 6.61 Å². The van der Waals surface area contributed by atoms with E-state index < -0.39 is 0 Å². The molecular weight excluding hydrogens is 356 g/mol. The quantitative estimate of drug-likeness (QED) is 0.400. The molecule has 0 bridgehead atoms. The molecule has 2 heteroatoms. The summed E-state index contributed by atoms with van der Waals surface area (Å²) in [4.78, 5) is 0. The smallest absolute Gasteiger partial charge is 0.130 e. The average Bonchev–Trinajstić information content (AvgIpc) is 2.70. The summed E-state index contributed by atoms with van der Waals surface area (Å²) in [5.74, 6) is 2.28. The molecule has 0 heterocycles. The molecule has 3 aromatic carbocycles. The fraction of sp³-hybridized carbons (Fsp3) is 0.333. The van der Waals surface area contributed by atoms with E-state index >= 15 is 0 Å². The molecule has 0 aliphatic heterocycles. The monoisotopic (exact) mass is 388 g/mol. The second-order valence-corrected chi connectivity index (χ2v) is 8.67. The fourth-order valence-electron chi connectivity index (χ4n) is 3.32. The highest BCUT2D eigenvalue weighted by Crippen LogP contribution is 2.27. The predicted molar refractivity (Wildman–Crippen MR) is 121 cm³/mol. The van der Waals surface area contributed by atoms with E-state index in [1.807, 2.05) is 30.3 Å². The summed E-state index contributed by atoms with van der Waals surface area (Å²) in [5.41, 5.74) is 4.88. The highest BCUT2D eigenvalue weighted by Gasteiger charge is 2.21. The molecule has 2 nitrogen and oxygen atoms in total. The van der Waals surface area contributed by atoms with Crippen LogP contribution in [0.25, 0.3) is 0 Å². The number of rotatable bonds is 8. The third kappa shape index (κ3) is 5.71. The molecule has 152 valence electrons. The van der Waals surface area contributed by atoms with Crippen molar-refractivity contribution in [3.63, 3.8) is 0 Å². The van der Waals surface area contributed by atoms with E-state index in [1.165, 1.54) is 11.1 Å². The molecule has 0 aliphatic carbocycles. The van der Waals surface area contributed by atoms with Crippen LogP contribution >= 0.6 is 0 Å². The second kappa shape index (κ2) is 9.28. The topological polar surface area (TPSA) is 18.5 Å². The first kappa shape index (κ1) is 21.1. The molecule has 0 fully saturated rings. The van der Waals surface area contributed by atoms with Crippen molar-refractivity contribution >= 4 is 0 Å². The van der Waals surface area contributed by atoms with E-state index in [2.05, 4.69) is 77.1 Å². The fourth-order valence-corrected chi connectivity index (χ4v) is 3.32. The summed E-state index contributed by atoms with van der Waals surface area (Å²) in [6.45, 7) is 12.2. The summed E-state index contributed by atoms with van der Waals surface area (Å²) in [5, 5.41) is 0. The van der Waals surface area contributed by atoms with Crippen LogP contribution in [0, 0.1) is 6.92 Å². The lowest BCUT2D eigenvalue weighted by atomic mass is 9.84. The van der Waals surface area contributed by atoms with E-state index in [1.54, 1.807) is 0 Å². The van der Waals surface area contributed by atoms with Gasteiger partial charge in [-0.15, -0.1) is 0 Å². The van der Waals surface area contributed by atoms with Crippen LogP contribution in [-0.2, 0) is 16.8 Å². The number of ether oxygens (including phenoxy) is 2. The van der Waals surface area contributed by atoms with Crippen LogP contribution in [0.2, 0.25) is 0 Å². The average molecular weight is 389 g/mol. The summed E-state index contributed by atoms with van der Waals surface area (Å²) in [6.07, 6.45) is 0. The van der Waals surface area contributed by atoms with Gasteiger partial charge in [0.15, 0.2) is 0 Å². The number of para-hydroxylation sites is 1. The van der Waals surface area contributed by atoms with E-state index in [9.17, 15) is 0 Å². The standard InChI is InChI=1S/C27H32O2/c1-20(2)23-13-15-24(16-14-23)27(4,5)19-28-18-22-10-8-11-25(17-22)29-26-12-7-6-9-21(26)3/h6-17,20H,18-19H2,1-5H3. The molecule has 3 aromatic rings. The first-order valence-corrected chi connectivity index (χ1v) is 10.4. The van der Waals surface area contributed by atoms with Gasteiger partial charge in [0.2, 0.25) is 0 Å². The molecule has 29 heavy (non-hydrogen) atoms. The van der Waals surface area contributed by atoms with Gasteiger partial charge in [-0.25, -0.2) is 0 Å². The van der Waals surface area contributed by atoms with E-state index in [0.29, 0.717) is 19.1 Å². The van der Waals surface area contributed by atoms with Gasteiger partial charge in [-0.3, -0.25) is 0 Å². The number of aryl methyl sites for hydroxylation is 1. The number of hydrogen-bond acceptors (Lipinski definition) is 2. The van der Waals surface area contributed by atoms with Gasteiger partial charge in [0.25, 0.3) is 0 Å². The van der Waals surface area contributed by atoms with Gasteiger partial charge in [0.1, 0.15) is 11.5 Å². The molecule has 0 atom stereocenters. The van der Waals surface area contributed by atoms with E-state index in [-0.39, 0.29) is 5.41 Å². The summed E-state index contributed by atoms with van der Waals surface area (Å²) >= 11 is 0. The lowest BCUT2D eigenvalue weighted by Gasteiger charge is -2.25. The normalized spacial score (nSPS) is 11.7. The zero-order valence-electron chi connectivity index (χ0n) is 18.2. The number of benzene rings is 3. The third-order valence-electron chi connectivity index (χ3n) is 5.31. The van der Waals surface area contributed by atoms with Crippen LogP contribution in [-0.4, -0.2) is 6.61 Å². The Hall–Kier alpha value is -2.58. The minimum Gasteiger partial charge on any atom is -0.457 e. The Kier molecular flexibility index (Phi) is 6.76. The highest BCUT2D eigenvalue weighted by atomic mass is 16.5. The molecule has 0 amide bonds. The van der Waals surface area contributed by atoms with Crippen LogP contribution < -0.4 is 4.74 Å². The summed E-state index contributed by atoms with van der Waals surface area (Å²) in [7, 11) is 0. The van der Waals surface area contributed by atoms with Crippen molar-refractivity contribution in [3.05, 3.63) is 95.1 Å². The molecule has 0 saturated heterocycles. The zero-order chi connectivity index (χ0) is 20.9. The van der Waals surface area contributed by atoms with Crippen molar-refractivity contribution in [1.82, 2.24) is 0 Å². The van der Waals surface area contributed by atoms with Crippen LogP contribution in [0.1, 0.15) is 55.9 Å². The van der Waals surface area contributed by atoms with Gasteiger partial charge in [0.05, 0.1) is 13.2 Å². The van der Waals surface area contributed by atoms with Crippen molar-refractivity contribution in [1.29, 1.82) is 0 Å². The highest BCUT2D eigenvalue weighted by molar-refractivity contribution is 5.38. The van der Waals surface area contributed by atoms with Crippen LogP contribution in [0.15, 0.2) is 72.8 Å². The Morgan fingerprint density at radius 2 is 1.59 bits per heavy atom. The summed E-state index contributed by atoms with van der Waals surface area (Å²) in [6, 6.07) is 25.1. The Morgan fingerprint density at radius 3 is 2.28 bits per heavy atom. The molecular formula is C27H32O2. The maximum atomic E-state index is 6.09. The lowest BCUT2D eigenvalue weighted by Crippen LogP contribution is -2.24. The molecule has 3 rings (SSSR count). The molecule has 0 N–H and O–H groups in total. The van der Waals surface area contributed by atoms with Crippen molar-refractivity contribution < 1.29 is 9.47 Å². The lowest BCUT2D eigenvalue weighted by molar-refractivity contribution is 0.0824. The second-order valence-electron chi connectivity index (χ2n) is 8.67. The number of hydrogen-bond donors (Lipinski definition) is 0. The Bertz CT molecular complexity index is 923. The third-order valence-corrected chi connectivity index (χ3v) is 5.31. The van der Waals surface area contributed by atoms with Crippen molar-refractivity contribution in [3.8, 4) is 11.5 Å². The minimum absolute atomic E-state index is 0.0369. The predicted octanol–water partition coefficient (Wildman–Crippen LogP) is 7.41. The van der Waals surface area contributed by atoms with Crippen LogP contribution in [0.5, 0.6) is 11.5 Å². The first-order chi connectivity index (χ1) is 13.8. The van der Waals surface area contributed by atoms with Crippen LogP contribution in [0.4, 0.5) is 0 Å². The van der Waals surface area contributed by atoms with Gasteiger partial charge in [-0.05, 0) is 53.3 Å². The van der Waals surface area contributed by atoms with Crippen molar-refractivity contribution in [2.24, 2.45) is 0 Å². The zero-order valence-corrected chi connectivity index (χ0v) is 18.2. The molecule has 0 saturated carbocycles. The van der Waals surface area contributed by atoms with Gasteiger partial charge in [-0.2, -0.15) is 0 Å². The Labute approximate surface area is 175 Å². The van der Waals surface area contributed by atoms with Gasteiger partial charge in [0, 0.05) is 5.41 Å². The van der Waals surface area contributed by atoms with Crippen LogP contribution in [0.3, 0.4) is 0 Å². The van der Waals surface area contributed by atoms with Gasteiger partial charge in [-0.1, -0.05) is 82.3 Å². The molecule has 0 unspecified atom stereocenters.